The Morgan fingerprint density at radius 1 is 1.21 bits per heavy atom. The number of nitrogens with two attached hydrogens (primary N) is 1. The Balaban J connectivity index is 2.96. The van der Waals surface area contributed by atoms with Crippen LogP contribution < -0.4 is 5.73 Å². The van der Waals surface area contributed by atoms with Crippen LogP contribution in [0.1, 0.15) is 30.9 Å². The van der Waals surface area contributed by atoms with Gasteiger partial charge in [-0.15, -0.1) is 0 Å². The first-order chi connectivity index (χ1) is 6.69. The third-order valence-electron chi connectivity index (χ3n) is 2.21. The minimum absolute atomic E-state index is 0.443. The molecule has 0 spiro atoms. The van der Waals surface area contributed by atoms with Crippen molar-refractivity contribution in [2.24, 2.45) is 5.73 Å². The molecule has 0 bridgehead atoms. The molecule has 0 aliphatic rings. The normalized spacial score (nSPS) is 10.6. The summed E-state index contributed by atoms with van der Waals surface area (Å²) in [5.74, 6) is 0. The molecule has 14 heavy (non-hydrogen) atoms. The average molecular weight is 232 g/mol. The van der Waals surface area contributed by atoms with Crippen LogP contribution in [0.3, 0.4) is 0 Å². The fraction of sp³-hybridized carbons (Fsp3) is 0.455. The van der Waals surface area contributed by atoms with E-state index < -0.39 is 0 Å². The number of aryl methyl sites for hydroxylation is 1. The van der Waals surface area contributed by atoms with E-state index in [-0.39, 0.29) is 0 Å². The van der Waals surface area contributed by atoms with Crippen molar-refractivity contribution >= 4 is 23.2 Å². The van der Waals surface area contributed by atoms with Gasteiger partial charge in [0.1, 0.15) is 0 Å². The molecule has 0 saturated carbocycles. The summed E-state index contributed by atoms with van der Waals surface area (Å²) >= 11 is 12.1. The zero-order valence-electron chi connectivity index (χ0n) is 8.32. The van der Waals surface area contributed by atoms with Gasteiger partial charge in [-0.2, -0.15) is 0 Å². The van der Waals surface area contributed by atoms with Gasteiger partial charge >= 0.3 is 0 Å². The lowest BCUT2D eigenvalue weighted by molar-refractivity contribution is 0.794. The van der Waals surface area contributed by atoms with E-state index in [0.29, 0.717) is 6.54 Å². The molecule has 0 aliphatic heterocycles. The van der Waals surface area contributed by atoms with Gasteiger partial charge in [0.25, 0.3) is 0 Å². The molecule has 0 heterocycles. The molecule has 1 rings (SSSR count). The molecule has 0 amide bonds. The molecule has 0 atom stereocenters. The molecule has 0 radical (unpaired) electrons. The summed E-state index contributed by atoms with van der Waals surface area (Å²) in [7, 11) is 0. The molecule has 2 N–H and O–H groups in total. The lowest BCUT2D eigenvalue weighted by atomic mass is 10.1. The molecule has 0 unspecified atom stereocenters. The first kappa shape index (κ1) is 11.8. The number of rotatable bonds is 4. The molecule has 0 aromatic heterocycles. The smallest absolute Gasteiger partial charge is 0.0483 e. The summed E-state index contributed by atoms with van der Waals surface area (Å²) in [4.78, 5) is 0. The van der Waals surface area contributed by atoms with Crippen LogP contribution in [0, 0.1) is 0 Å². The molecule has 3 heteroatoms. The topological polar surface area (TPSA) is 26.0 Å². The largest absolute Gasteiger partial charge is 0.326 e. The van der Waals surface area contributed by atoms with Crippen molar-refractivity contribution in [3.63, 3.8) is 0 Å². The van der Waals surface area contributed by atoms with E-state index in [1.165, 1.54) is 0 Å². The highest BCUT2D eigenvalue weighted by atomic mass is 35.5. The standard InChI is InChI=1S/C11H15Cl2N/c1-2-3-4-8-5-10(12)6-9(7-14)11(8)13/h5-6H,2-4,7,14H2,1H3. The van der Waals surface area contributed by atoms with Crippen molar-refractivity contribution in [2.45, 2.75) is 32.7 Å². The Bertz CT molecular complexity index is 310. The zero-order valence-corrected chi connectivity index (χ0v) is 9.83. The zero-order chi connectivity index (χ0) is 10.6. The van der Waals surface area contributed by atoms with Crippen molar-refractivity contribution in [3.05, 3.63) is 33.3 Å². The van der Waals surface area contributed by atoms with Crippen LogP contribution in [-0.4, -0.2) is 0 Å². The second-order valence-electron chi connectivity index (χ2n) is 3.35. The van der Waals surface area contributed by atoms with Gasteiger partial charge in [0.15, 0.2) is 0 Å². The van der Waals surface area contributed by atoms with Crippen LogP contribution in [0.2, 0.25) is 10.0 Å². The summed E-state index contributed by atoms with van der Waals surface area (Å²) in [6, 6.07) is 3.76. The van der Waals surface area contributed by atoms with E-state index in [4.69, 9.17) is 28.9 Å². The SMILES string of the molecule is CCCCc1cc(Cl)cc(CN)c1Cl. The second-order valence-corrected chi connectivity index (χ2v) is 4.16. The molecule has 78 valence electrons. The van der Waals surface area contributed by atoms with Crippen LogP contribution in [0.4, 0.5) is 0 Å². The van der Waals surface area contributed by atoms with E-state index >= 15 is 0 Å². The molecule has 0 saturated heterocycles. The minimum atomic E-state index is 0.443. The number of unbranched alkanes of at least 4 members (excludes halogenated alkanes) is 1. The Morgan fingerprint density at radius 3 is 2.43 bits per heavy atom. The van der Waals surface area contributed by atoms with Gasteiger partial charge < -0.3 is 5.73 Å². The van der Waals surface area contributed by atoms with Crippen molar-refractivity contribution in [1.82, 2.24) is 0 Å². The van der Waals surface area contributed by atoms with Crippen molar-refractivity contribution in [1.29, 1.82) is 0 Å². The van der Waals surface area contributed by atoms with E-state index in [1.807, 2.05) is 12.1 Å². The van der Waals surface area contributed by atoms with Gasteiger partial charge in [0, 0.05) is 16.6 Å². The number of hydrogen-bond donors (Lipinski definition) is 1. The number of hydrogen-bond acceptors (Lipinski definition) is 1. The summed E-state index contributed by atoms with van der Waals surface area (Å²) in [6.45, 7) is 2.60. The summed E-state index contributed by atoms with van der Waals surface area (Å²) in [6.07, 6.45) is 3.26. The molecular formula is C11H15Cl2N. The highest BCUT2D eigenvalue weighted by Gasteiger charge is 2.06. The van der Waals surface area contributed by atoms with Crippen LogP contribution in [0.25, 0.3) is 0 Å². The van der Waals surface area contributed by atoms with Gasteiger partial charge in [0.2, 0.25) is 0 Å². The maximum atomic E-state index is 6.18. The maximum Gasteiger partial charge on any atom is 0.0483 e. The predicted molar refractivity (Wildman–Crippen MR) is 63.0 cm³/mol. The number of halogens is 2. The van der Waals surface area contributed by atoms with Crippen molar-refractivity contribution in [3.8, 4) is 0 Å². The average Bonchev–Trinajstić information content (AvgIpc) is 2.18. The monoisotopic (exact) mass is 231 g/mol. The molecule has 1 aromatic rings. The van der Waals surface area contributed by atoms with Gasteiger partial charge in [-0.3, -0.25) is 0 Å². The van der Waals surface area contributed by atoms with Crippen LogP contribution in [0.15, 0.2) is 12.1 Å². The summed E-state index contributed by atoms with van der Waals surface area (Å²) in [5, 5.41) is 1.51. The van der Waals surface area contributed by atoms with Gasteiger partial charge in [-0.05, 0) is 36.1 Å². The van der Waals surface area contributed by atoms with Gasteiger partial charge in [-0.1, -0.05) is 36.5 Å². The van der Waals surface area contributed by atoms with E-state index in [0.717, 1.165) is 40.4 Å². The Hall–Kier alpha value is -0.240. The molecule has 1 nitrogen and oxygen atoms in total. The molecule has 1 aromatic carbocycles. The molecule has 0 fully saturated rings. The quantitative estimate of drug-likeness (QED) is 0.839. The predicted octanol–water partition coefficient (Wildman–Crippen LogP) is 3.79. The van der Waals surface area contributed by atoms with E-state index in [1.54, 1.807) is 0 Å². The van der Waals surface area contributed by atoms with Gasteiger partial charge in [0.05, 0.1) is 0 Å². The third kappa shape index (κ3) is 2.88. The van der Waals surface area contributed by atoms with Gasteiger partial charge in [-0.25, -0.2) is 0 Å². The van der Waals surface area contributed by atoms with E-state index in [9.17, 15) is 0 Å². The van der Waals surface area contributed by atoms with Crippen molar-refractivity contribution in [2.75, 3.05) is 0 Å². The third-order valence-corrected chi connectivity index (χ3v) is 2.91. The highest BCUT2D eigenvalue weighted by Crippen LogP contribution is 2.26. The first-order valence-corrected chi connectivity index (χ1v) is 5.61. The van der Waals surface area contributed by atoms with Crippen LogP contribution in [-0.2, 0) is 13.0 Å². The Morgan fingerprint density at radius 2 is 1.86 bits per heavy atom. The maximum absolute atomic E-state index is 6.18. The fourth-order valence-electron chi connectivity index (χ4n) is 1.41. The number of benzene rings is 1. The van der Waals surface area contributed by atoms with E-state index in [2.05, 4.69) is 6.92 Å². The lowest BCUT2D eigenvalue weighted by Crippen LogP contribution is -2.00. The summed E-state index contributed by atoms with van der Waals surface area (Å²) in [5.41, 5.74) is 7.62. The van der Waals surface area contributed by atoms with Crippen LogP contribution >= 0.6 is 23.2 Å². The lowest BCUT2D eigenvalue weighted by Gasteiger charge is -2.08. The second kappa shape index (κ2) is 5.59. The molecule has 0 aliphatic carbocycles. The summed E-state index contributed by atoms with van der Waals surface area (Å²) < 4.78 is 0. The Kier molecular flexibility index (Phi) is 4.73. The minimum Gasteiger partial charge on any atom is -0.326 e. The Labute approximate surface area is 95.2 Å². The highest BCUT2D eigenvalue weighted by molar-refractivity contribution is 6.34. The molecular weight excluding hydrogens is 217 g/mol. The fourth-order valence-corrected chi connectivity index (χ4v) is 1.95. The first-order valence-electron chi connectivity index (χ1n) is 4.86. The van der Waals surface area contributed by atoms with Crippen LogP contribution in [0.5, 0.6) is 0 Å². The van der Waals surface area contributed by atoms with Crippen molar-refractivity contribution < 1.29 is 0 Å².